The molecule has 1 fully saturated rings. The molecule has 1 N–H and O–H groups in total. The molecule has 0 bridgehead atoms. The fraction of sp³-hybridized carbons (Fsp3) is 0.345. The largest absolute Gasteiger partial charge is 0.475 e. The number of fused-ring (bicyclic) bond motifs is 1. The zero-order valence-electron chi connectivity index (χ0n) is 20.9. The summed E-state index contributed by atoms with van der Waals surface area (Å²) in [5, 5.41) is 10.3. The van der Waals surface area contributed by atoms with Crippen molar-refractivity contribution >= 4 is 22.5 Å². The maximum atomic E-state index is 14.0. The van der Waals surface area contributed by atoms with Crippen LogP contribution in [0.4, 0.5) is 0 Å². The molecule has 37 heavy (non-hydrogen) atoms. The second-order valence-corrected chi connectivity index (χ2v) is 9.89. The van der Waals surface area contributed by atoms with Gasteiger partial charge in [0.1, 0.15) is 12.4 Å². The third-order valence-corrected chi connectivity index (χ3v) is 7.21. The Balaban J connectivity index is 1.59. The Labute approximate surface area is 221 Å². The summed E-state index contributed by atoms with van der Waals surface area (Å²) in [6, 6.07) is 17.0. The van der Waals surface area contributed by atoms with E-state index in [2.05, 4.69) is 16.8 Å². The van der Waals surface area contributed by atoms with Crippen LogP contribution in [0.1, 0.15) is 19.8 Å². The van der Waals surface area contributed by atoms with Gasteiger partial charge in [0.2, 0.25) is 5.88 Å². The van der Waals surface area contributed by atoms with Crippen molar-refractivity contribution in [3.8, 4) is 28.4 Å². The molecule has 1 aliphatic heterocycles. The maximum Gasteiger partial charge on any atom is 0.261 e. The first kappa shape index (κ1) is 25.4. The van der Waals surface area contributed by atoms with Crippen LogP contribution in [-0.4, -0.2) is 57.4 Å². The minimum absolute atomic E-state index is 0.0509. The van der Waals surface area contributed by atoms with Gasteiger partial charge in [-0.2, -0.15) is 0 Å². The van der Waals surface area contributed by atoms with E-state index in [-0.39, 0.29) is 18.8 Å². The molecule has 0 saturated carbocycles. The van der Waals surface area contributed by atoms with Gasteiger partial charge in [0.15, 0.2) is 0 Å². The zero-order valence-corrected chi connectivity index (χ0v) is 21.7. The van der Waals surface area contributed by atoms with Crippen molar-refractivity contribution in [2.45, 2.75) is 26.3 Å². The van der Waals surface area contributed by atoms with Crippen molar-refractivity contribution in [2.24, 2.45) is 5.92 Å². The van der Waals surface area contributed by atoms with Crippen molar-refractivity contribution < 1.29 is 9.84 Å². The lowest BCUT2D eigenvalue weighted by Gasteiger charge is -2.32. The topological polar surface area (TPSA) is 80.5 Å². The lowest BCUT2D eigenvalue weighted by Crippen LogP contribution is -2.38. The summed E-state index contributed by atoms with van der Waals surface area (Å²) in [6.07, 6.45) is 3.89. The van der Waals surface area contributed by atoms with Crippen molar-refractivity contribution in [2.75, 3.05) is 32.8 Å². The number of ether oxygens (including phenoxy) is 1. The quantitative estimate of drug-likeness (QED) is 0.358. The number of aliphatic hydroxyl groups is 1. The van der Waals surface area contributed by atoms with Gasteiger partial charge in [0.25, 0.3) is 5.56 Å². The molecule has 8 heteroatoms. The van der Waals surface area contributed by atoms with Crippen LogP contribution in [0.25, 0.3) is 33.4 Å². The minimum atomic E-state index is -0.0800. The van der Waals surface area contributed by atoms with Gasteiger partial charge in [-0.25, -0.2) is 9.97 Å². The molecule has 5 rings (SSSR count). The fourth-order valence-corrected chi connectivity index (χ4v) is 5.15. The number of hydrogen-bond donors (Lipinski definition) is 1. The maximum absolute atomic E-state index is 14.0. The highest BCUT2D eigenvalue weighted by Gasteiger charge is 2.22. The van der Waals surface area contributed by atoms with Gasteiger partial charge >= 0.3 is 0 Å². The number of nitrogens with zero attached hydrogens (tertiary/aromatic N) is 4. The Hall–Kier alpha value is -3.26. The number of benzene rings is 2. The molecule has 4 aromatic rings. The number of likely N-dealkylation sites (tertiary alicyclic amines) is 1. The van der Waals surface area contributed by atoms with Gasteiger partial charge in [-0.3, -0.25) is 9.36 Å². The molecule has 1 unspecified atom stereocenters. The van der Waals surface area contributed by atoms with Crippen LogP contribution in [0.3, 0.4) is 0 Å². The summed E-state index contributed by atoms with van der Waals surface area (Å²) < 4.78 is 7.24. The van der Waals surface area contributed by atoms with Crippen LogP contribution in [0, 0.1) is 5.92 Å². The Bertz CT molecular complexity index is 1420. The predicted octanol–water partition coefficient (Wildman–Crippen LogP) is 4.88. The summed E-state index contributed by atoms with van der Waals surface area (Å²) in [5.41, 5.74) is 3.29. The van der Waals surface area contributed by atoms with E-state index in [1.165, 1.54) is 0 Å². The molecule has 3 heterocycles. The van der Waals surface area contributed by atoms with Gasteiger partial charge in [-0.05, 0) is 73.3 Å². The van der Waals surface area contributed by atoms with Crippen molar-refractivity contribution in [1.82, 2.24) is 19.4 Å². The molecule has 1 atom stereocenters. The first-order chi connectivity index (χ1) is 18.1. The third-order valence-electron chi connectivity index (χ3n) is 6.96. The Kier molecular flexibility index (Phi) is 7.84. The Morgan fingerprint density at radius 3 is 2.59 bits per heavy atom. The van der Waals surface area contributed by atoms with Gasteiger partial charge in [-0.1, -0.05) is 36.7 Å². The van der Waals surface area contributed by atoms with E-state index >= 15 is 0 Å². The number of halogens is 1. The van der Waals surface area contributed by atoms with E-state index in [4.69, 9.17) is 26.4 Å². The second kappa shape index (κ2) is 11.4. The number of rotatable bonds is 8. The number of aromatic nitrogens is 3. The second-order valence-electron chi connectivity index (χ2n) is 9.45. The van der Waals surface area contributed by atoms with Crippen molar-refractivity contribution in [3.63, 3.8) is 0 Å². The van der Waals surface area contributed by atoms with Crippen molar-refractivity contribution in [1.29, 1.82) is 0 Å². The van der Waals surface area contributed by atoms with Gasteiger partial charge in [0.05, 0.1) is 17.5 Å². The van der Waals surface area contributed by atoms with E-state index in [9.17, 15) is 4.79 Å². The van der Waals surface area contributed by atoms with E-state index in [0.717, 1.165) is 49.2 Å². The fourth-order valence-electron chi connectivity index (χ4n) is 5.03. The highest BCUT2D eigenvalue weighted by atomic mass is 35.5. The van der Waals surface area contributed by atoms with Crippen LogP contribution < -0.4 is 10.3 Å². The smallest absolute Gasteiger partial charge is 0.261 e. The molecule has 1 aliphatic rings. The third kappa shape index (κ3) is 5.69. The number of hydrogen-bond acceptors (Lipinski definition) is 6. The molecule has 0 spiro atoms. The molecule has 0 radical (unpaired) electrons. The van der Waals surface area contributed by atoms with Crippen LogP contribution in [0.2, 0.25) is 5.02 Å². The molecule has 0 aliphatic carbocycles. The SMILES string of the molecule is CCN1CCCC(Cn2c(-c3ccc(OCCO)nc3)nc3ccc(-c4ccc(Cl)cc4)cc3c2=O)C1. The summed E-state index contributed by atoms with van der Waals surface area (Å²) in [5.74, 6) is 1.39. The number of pyridine rings is 1. The van der Waals surface area contributed by atoms with Gasteiger partial charge < -0.3 is 14.7 Å². The lowest BCUT2D eigenvalue weighted by molar-refractivity contribution is 0.169. The van der Waals surface area contributed by atoms with Crippen LogP contribution in [0.15, 0.2) is 65.6 Å². The first-order valence-electron chi connectivity index (χ1n) is 12.8. The van der Waals surface area contributed by atoms with Crippen LogP contribution >= 0.6 is 11.6 Å². The van der Waals surface area contributed by atoms with Crippen molar-refractivity contribution in [3.05, 3.63) is 76.2 Å². The molecule has 7 nitrogen and oxygen atoms in total. The normalized spacial score (nSPS) is 16.2. The number of piperidine rings is 1. The van der Waals surface area contributed by atoms with E-state index in [0.29, 0.717) is 40.1 Å². The molecule has 0 amide bonds. The molecule has 2 aromatic carbocycles. The zero-order chi connectivity index (χ0) is 25.8. The van der Waals surface area contributed by atoms with Crippen LogP contribution in [0.5, 0.6) is 5.88 Å². The summed E-state index contributed by atoms with van der Waals surface area (Å²) >= 11 is 6.07. The standard InChI is InChI=1S/C29H31ClN4O3/c1-2-33-13-3-4-20(18-33)19-34-28(23-8-12-27(31-17-23)37-15-14-35)32-26-11-7-22(16-25(26)29(34)36)21-5-9-24(30)10-6-21/h5-12,16-17,20,35H,2-4,13-15,18-19H2,1H3. The average Bonchev–Trinajstić information content (AvgIpc) is 2.94. The molecular weight excluding hydrogens is 488 g/mol. The minimum Gasteiger partial charge on any atom is -0.475 e. The predicted molar refractivity (Wildman–Crippen MR) is 147 cm³/mol. The van der Waals surface area contributed by atoms with E-state index in [1.54, 1.807) is 12.3 Å². The molecular formula is C29H31ClN4O3. The summed E-state index contributed by atoms with van der Waals surface area (Å²) in [6.45, 7) is 5.97. The lowest BCUT2D eigenvalue weighted by atomic mass is 9.97. The van der Waals surface area contributed by atoms with Gasteiger partial charge in [0, 0.05) is 35.9 Å². The Morgan fingerprint density at radius 2 is 1.86 bits per heavy atom. The average molecular weight is 519 g/mol. The van der Waals surface area contributed by atoms with E-state index < -0.39 is 0 Å². The van der Waals surface area contributed by atoms with Crippen LogP contribution in [-0.2, 0) is 6.54 Å². The summed E-state index contributed by atoms with van der Waals surface area (Å²) in [7, 11) is 0. The van der Waals surface area contributed by atoms with Gasteiger partial charge in [-0.15, -0.1) is 0 Å². The summed E-state index contributed by atoms with van der Waals surface area (Å²) in [4.78, 5) is 25.8. The first-order valence-corrected chi connectivity index (χ1v) is 13.2. The monoisotopic (exact) mass is 518 g/mol. The number of aliphatic hydroxyl groups excluding tert-OH is 1. The highest BCUT2D eigenvalue weighted by Crippen LogP contribution is 2.27. The molecule has 1 saturated heterocycles. The highest BCUT2D eigenvalue weighted by molar-refractivity contribution is 6.30. The molecule has 2 aromatic heterocycles. The Morgan fingerprint density at radius 1 is 1.08 bits per heavy atom. The molecule has 192 valence electrons. The van der Waals surface area contributed by atoms with E-state index in [1.807, 2.05) is 53.1 Å².